The lowest BCUT2D eigenvalue weighted by atomic mass is 10.0. The van der Waals surface area contributed by atoms with E-state index in [1.54, 1.807) is 19.4 Å². The molecular weight excluding hydrogens is 293 g/mol. The van der Waals surface area contributed by atoms with Gasteiger partial charge >= 0.3 is 6.18 Å². The van der Waals surface area contributed by atoms with Crippen LogP contribution in [0.5, 0.6) is 0 Å². The van der Waals surface area contributed by atoms with E-state index in [2.05, 4.69) is 9.88 Å². The van der Waals surface area contributed by atoms with Crippen molar-refractivity contribution in [1.29, 1.82) is 0 Å². The predicted octanol–water partition coefficient (Wildman–Crippen LogP) is 3.87. The van der Waals surface area contributed by atoms with Crippen LogP contribution in [0.25, 0.3) is 10.8 Å². The standard InChI is InChI=1S/C16H17F3N2O/c1-22-13-5-8-21(9-6-13)15-14-3-2-12(16(17,18)19)10-11(14)4-7-20-15/h2-4,7,10,13H,5-6,8-9H2,1H3. The number of hydrogen-bond donors (Lipinski definition) is 0. The second kappa shape index (κ2) is 5.76. The summed E-state index contributed by atoms with van der Waals surface area (Å²) in [7, 11) is 1.70. The molecule has 0 atom stereocenters. The lowest BCUT2D eigenvalue weighted by Crippen LogP contribution is -2.37. The number of rotatable bonds is 2. The molecule has 0 radical (unpaired) electrons. The molecular formula is C16H17F3N2O. The molecule has 118 valence electrons. The molecule has 2 heterocycles. The molecule has 0 saturated carbocycles. The van der Waals surface area contributed by atoms with Crippen LogP contribution in [-0.4, -0.2) is 31.3 Å². The zero-order valence-electron chi connectivity index (χ0n) is 12.2. The number of hydrogen-bond acceptors (Lipinski definition) is 3. The van der Waals surface area contributed by atoms with Crippen molar-refractivity contribution in [2.75, 3.05) is 25.1 Å². The van der Waals surface area contributed by atoms with Crippen LogP contribution in [0.15, 0.2) is 30.5 Å². The van der Waals surface area contributed by atoms with Gasteiger partial charge in [0.1, 0.15) is 5.82 Å². The first-order valence-electron chi connectivity index (χ1n) is 7.23. The van der Waals surface area contributed by atoms with Gasteiger partial charge < -0.3 is 9.64 Å². The number of fused-ring (bicyclic) bond motifs is 1. The highest BCUT2D eigenvalue weighted by atomic mass is 19.4. The van der Waals surface area contributed by atoms with E-state index in [1.807, 2.05) is 0 Å². The predicted molar refractivity (Wildman–Crippen MR) is 79.0 cm³/mol. The van der Waals surface area contributed by atoms with Gasteiger partial charge in [-0.1, -0.05) is 6.07 Å². The molecule has 0 amide bonds. The number of alkyl halides is 3. The fourth-order valence-corrected chi connectivity index (χ4v) is 2.89. The molecule has 1 aliphatic rings. The Morgan fingerprint density at radius 2 is 1.91 bits per heavy atom. The molecule has 0 unspecified atom stereocenters. The molecule has 22 heavy (non-hydrogen) atoms. The molecule has 1 fully saturated rings. The van der Waals surface area contributed by atoms with Gasteiger partial charge in [-0.3, -0.25) is 0 Å². The highest BCUT2D eigenvalue weighted by molar-refractivity contribution is 5.92. The number of benzene rings is 1. The van der Waals surface area contributed by atoms with Crippen LogP contribution in [0.3, 0.4) is 0 Å². The summed E-state index contributed by atoms with van der Waals surface area (Å²) in [6.07, 6.45) is -0.706. The summed E-state index contributed by atoms with van der Waals surface area (Å²) in [5.41, 5.74) is -0.629. The van der Waals surface area contributed by atoms with E-state index >= 15 is 0 Å². The Labute approximate surface area is 126 Å². The van der Waals surface area contributed by atoms with Crippen molar-refractivity contribution in [3.63, 3.8) is 0 Å². The quantitative estimate of drug-likeness (QED) is 0.842. The van der Waals surface area contributed by atoms with Crippen molar-refractivity contribution in [3.8, 4) is 0 Å². The summed E-state index contributed by atoms with van der Waals surface area (Å²) in [5, 5.41) is 1.32. The minimum Gasteiger partial charge on any atom is -0.381 e. The lowest BCUT2D eigenvalue weighted by molar-refractivity contribution is -0.137. The first-order valence-corrected chi connectivity index (χ1v) is 7.23. The second-order valence-corrected chi connectivity index (χ2v) is 5.49. The van der Waals surface area contributed by atoms with Gasteiger partial charge in [0, 0.05) is 31.8 Å². The average Bonchev–Trinajstić information content (AvgIpc) is 2.53. The van der Waals surface area contributed by atoms with Gasteiger partial charge in [0.15, 0.2) is 0 Å². The normalized spacial score (nSPS) is 17.2. The zero-order valence-corrected chi connectivity index (χ0v) is 12.2. The van der Waals surface area contributed by atoms with Crippen LogP contribution in [0.4, 0.5) is 19.0 Å². The van der Waals surface area contributed by atoms with Crippen LogP contribution in [0.1, 0.15) is 18.4 Å². The van der Waals surface area contributed by atoms with Gasteiger partial charge in [0.25, 0.3) is 0 Å². The zero-order chi connectivity index (χ0) is 15.7. The maximum absolute atomic E-state index is 12.8. The topological polar surface area (TPSA) is 25.4 Å². The SMILES string of the molecule is COC1CCN(c2nccc3cc(C(F)(F)F)ccc23)CC1. The van der Waals surface area contributed by atoms with E-state index in [4.69, 9.17) is 4.74 Å². The highest BCUT2D eigenvalue weighted by Crippen LogP contribution is 2.34. The molecule has 6 heteroatoms. The highest BCUT2D eigenvalue weighted by Gasteiger charge is 2.30. The van der Waals surface area contributed by atoms with Gasteiger partial charge in [-0.05, 0) is 36.4 Å². The number of anilines is 1. The Morgan fingerprint density at radius 1 is 1.18 bits per heavy atom. The minimum atomic E-state index is -4.32. The third kappa shape index (κ3) is 2.88. The number of halogens is 3. The number of aromatic nitrogens is 1. The van der Waals surface area contributed by atoms with Crippen molar-refractivity contribution < 1.29 is 17.9 Å². The van der Waals surface area contributed by atoms with E-state index in [-0.39, 0.29) is 6.10 Å². The third-order valence-electron chi connectivity index (χ3n) is 4.15. The smallest absolute Gasteiger partial charge is 0.381 e. The number of ether oxygens (including phenoxy) is 1. The monoisotopic (exact) mass is 310 g/mol. The van der Waals surface area contributed by atoms with Crippen molar-refractivity contribution in [2.24, 2.45) is 0 Å². The summed E-state index contributed by atoms with van der Waals surface area (Å²) in [5.74, 6) is 0.751. The molecule has 0 aliphatic carbocycles. The largest absolute Gasteiger partial charge is 0.416 e. The summed E-state index contributed by atoms with van der Waals surface area (Å²) < 4.78 is 43.8. The molecule has 0 bridgehead atoms. The van der Waals surface area contributed by atoms with E-state index in [0.29, 0.717) is 5.39 Å². The Bertz CT molecular complexity index is 664. The summed E-state index contributed by atoms with van der Waals surface area (Å²) in [6.45, 7) is 1.59. The maximum Gasteiger partial charge on any atom is 0.416 e. The van der Waals surface area contributed by atoms with Crippen LogP contribution in [-0.2, 0) is 10.9 Å². The fourth-order valence-electron chi connectivity index (χ4n) is 2.89. The first-order chi connectivity index (χ1) is 10.5. The molecule has 1 aromatic carbocycles. The molecule has 1 saturated heterocycles. The second-order valence-electron chi connectivity index (χ2n) is 5.49. The molecule has 3 nitrogen and oxygen atoms in total. The van der Waals surface area contributed by atoms with E-state index in [9.17, 15) is 13.2 Å². The summed E-state index contributed by atoms with van der Waals surface area (Å²) in [4.78, 5) is 6.49. The fraction of sp³-hybridized carbons (Fsp3) is 0.438. The summed E-state index contributed by atoms with van der Waals surface area (Å²) in [6, 6.07) is 5.44. The van der Waals surface area contributed by atoms with Gasteiger partial charge in [-0.15, -0.1) is 0 Å². The lowest BCUT2D eigenvalue weighted by Gasteiger charge is -2.32. The van der Waals surface area contributed by atoms with Crippen LogP contribution < -0.4 is 4.90 Å². The first kappa shape index (κ1) is 15.1. The van der Waals surface area contributed by atoms with Crippen molar-refractivity contribution in [2.45, 2.75) is 25.1 Å². The minimum absolute atomic E-state index is 0.253. The molecule has 1 aliphatic heterocycles. The molecule has 3 rings (SSSR count). The molecule has 0 N–H and O–H groups in total. The van der Waals surface area contributed by atoms with Crippen LogP contribution >= 0.6 is 0 Å². The Kier molecular flexibility index (Phi) is 3.95. The van der Waals surface area contributed by atoms with Gasteiger partial charge in [-0.25, -0.2) is 4.98 Å². The van der Waals surface area contributed by atoms with E-state index < -0.39 is 11.7 Å². The number of pyridine rings is 1. The van der Waals surface area contributed by atoms with Gasteiger partial charge in [0.2, 0.25) is 0 Å². The number of methoxy groups -OCH3 is 1. The van der Waals surface area contributed by atoms with Crippen LogP contribution in [0, 0.1) is 0 Å². The number of piperidine rings is 1. The van der Waals surface area contributed by atoms with Crippen molar-refractivity contribution in [1.82, 2.24) is 4.98 Å². The van der Waals surface area contributed by atoms with Gasteiger partial charge in [-0.2, -0.15) is 13.2 Å². The molecule has 1 aromatic heterocycles. The Morgan fingerprint density at radius 3 is 2.55 bits per heavy atom. The molecule has 0 spiro atoms. The third-order valence-corrected chi connectivity index (χ3v) is 4.15. The maximum atomic E-state index is 12.8. The Hall–Kier alpha value is -1.82. The summed E-state index contributed by atoms with van der Waals surface area (Å²) >= 11 is 0. The van der Waals surface area contributed by atoms with Crippen molar-refractivity contribution in [3.05, 3.63) is 36.0 Å². The average molecular weight is 310 g/mol. The van der Waals surface area contributed by atoms with E-state index in [1.165, 1.54) is 12.1 Å². The Balaban J connectivity index is 1.94. The van der Waals surface area contributed by atoms with Crippen LogP contribution in [0.2, 0.25) is 0 Å². The van der Waals surface area contributed by atoms with Gasteiger partial charge in [0.05, 0.1) is 11.7 Å². The molecule has 2 aromatic rings. The number of nitrogens with zero attached hydrogens (tertiary/aromatic N) is 2. The van der Waals surface area contributed by atoms with E-state index in [0.717, 1.165) is 43.2 Å². The van der Waals surface area contributed by atoms with Crippen molar-refractivity contribution >= 4 is 16.6 Å².